The molecule has 5 heteroatoms. The molecule has 1 aliphatic rings. The van der Waals surface area contributed by atoms with E-state index in [1.165, 1.54) is 6.42 Å². The van der Waals surface area contributed by atoms with Crippen LogP contribution >= 0.6 is 0 Å². The number of carboxylic acid groups (broad SMARTS) is 1. The van der Waals surface area contributed by atoms with Crippen molar-refractivity contribution in [3.8, 4) is 0 Å². The molecule has 0 saturated heterocycles. The van der Waals surface area contributed by atoms with Crippen LogP contribution in [0.2, 0.25) is 0 Å². The second-order valence-electron chi connectivity index (χ2n) is 6.39. The highest BCUT2D eigenvalue weighted by Crippen LogP contribution is 2.29. The SMILES string of the molecule is CCC(CC)(NCC(=O)NC1CCCC(C)C1C)C(=O)O. The maximum Gasteiger partial charge on any atom is 0.323 e. The van der Waals surface area contributed by atoms with E-state index in [4.69, 9.17) is 0 Å². The number of aliphatic carboxylic acids is 1. The summed E-state index contributed by atoms with van der Waals surface area (Å²) >= 11 is 0. The van der Waals surface area contributed by atoms with Crippen molar-refractivity contribution < 1.29 is 14.7 Å². The van der Waals surface area contributed by atoms with Crippen molar-refractivity contribution in [2.24, 2.45) is 11.8 Å². The van der Waals surface area contributed by atoms with Crippen molar-refractivity contribution in [3.05, 3.63) is 0 Å². The molecule has 21 heavy (non-hydrogen) atoms. The Balaban J connectivity index is 2.52. The first kappa shape index (κ1) is 18.0. The van der Waals surface area contributed by atoms with Crippen molar-refractivity contribution in [1.29, 1.82) is 0 Å². The zero-order chi connectivity index (χ0) is 16.0. The van der Waals surface area contributed by atoms with E-state index in [0.29, 0.717) is 24.7 Å². The molecule has 3 unspecified atom stereocenters. The Bertz CT molecular complexity index is 367. The third kappa shape index (κ3) is 4.43. The summed E-state index contributed by atoms with van der Waals surface area (Å²) in [6, 6.07) is 0.213. The molecule has 0 aromatic heterocycles. The number of carboxylic acids is 1. The molecule has 1 rings (SSSR count). The van der Waals surface area contributed by atoms with Crippen LogP contribution in [0.15, 0.2) is 0 Å². The van der Waals surface area contributed by atoms with Crippen molar-refractivity contribution in [2.45, 2.75) is 71.4 Å². The zero-order valence-corrected chi connectivity index (χ0v) is 13.7. The van der Waals surface area contributed by atoms with Gasteiger partial charge in [0.15, 0.2) is 0 Å². The second-order valence-corrected chi connectivity index (χ2v) is 6.39. The van der Waals surface area contributed by atoms with Gasteiger partial charge in [-0.2, -0.15) is 0 Å². The fourth-order valence-corrected chi connectivity index (χ4v) is 3.17. The molecule has 0 bridgehead atoms. The van der Waals surface area contributed by atoms with Crippen molar-refractivity contribution in [3.63, 3.8) is 0 Å². The fraction of sp³-hybridized carbons (Fsp3) is 0.875. The van der Waals surface area contributed by atoms with E-state index in [9.17, 15) is 14.7 Å². The maximum atomic E-state index is 12.1. The summed E-state index contributed by atoms with van der Waals surface area (Å²) in [7, 11) is 0. The summed E-state index contributed by atoms with van der Waals surface area (Å²) in [6.45, 7) is 8.12. The first-order chi connectivity index (χ1) is 9.86. The van der Waals surface area contributed by atoms with Crippen LogP contribution in [0, 0.1) is 11.8 Å². The van der Waals surface area contributed by atoms with Gasteiger partial charge in [0.2, 0.25) is 5.91 Å². The molecule has 1 amide bonds. The van der Waals surface area contributed by atoms with Crippen LogP contribution < -0.4 is 10.6 Å². The summed E-state index contributed by atoms with van der Waals surface area (Å²) in [5.74, 6) is 0.110. The highest BCUT2D eigenvalue weighted by atomic mass is 16.4. The van der Waals surface area contributed by atoms with E-state index in [1.54, 1.807) is 0 Å². The van der Waals surface area contributed by atoms with Crippen LogP contribution in [0.25, 0.3) is 0 Å². The number of hydrogen-bond acceptors (Lipinski definition) is 3. The number of nitrogens with one attached hydrogen (secondary N) is 2. The fourth-order valence-electron chi connectivity index (χ4n) is 3.17. The average molecular weight is 298 g/mol. The highest BCUT2D eigenvalue weighted by Gasteiger charge is 2.35. The van der Waals surface area contributed by atoms with Gasteiger partial charge in [0.1, 0.15) is 5.54 Å². The summed E-state index contributed by atoms with van der Waals surface area (Å²) in [5.41, 5.74) is -0.997. The Labute approximate surface area is 127 Å². The third-order valence-corrected chi connectivity index (χ3v) is 5.26. The predicted octanol–water partition coefficient (Wildman–Crippen LogP) is 2.16. The molecule has 0 aromatic rings. The van der Waals surface area contributed by atoms with E-state index < -0.39 is 11.5 Å². The lowest BCUT2D eigenvalue weighted by atomic mass is 9.78. The first-order valence-electron chi connectivity index (χ1n) is 8.14. The Morgan fingerprint density at radius 3 is 2.33 bits per heavy atom. The van der Waals surface area contributed by atoms with Gasteiger partial charge < -0.3 is 10.4 Å². The smallest absolute Gasteiger partial charge is 0.323 e. The Kier molecular flexibility index (Phi) is 6.65. The average Bonchev–Trinajstić information content (AvgIpc) is 2.45. The molecular weight excluding hydrogens is 268 g/mol. The molecule has 3 N–H and O–H groups in total. The lowest BCUT2D eigenvalue weighted by molar-refractivity contribution is -0.145. The van der Waals surface area contributed by atoms with Crippen LogP contribution in [-0.4, -0.2) is 35.1 Å². The van der Waals surface area contributed by atoms with Crippen LogP contribution in [0.1, 0.15) is 59.8 Å². The standard InChI is InChI=1S/C16H30N2O3/c1-5-16(6-2,15(20)21)17-10-14(19)18-13-9-7-8-11(3)12(13)4/h11-13,17H,5-10H2,1-4H3,(H,18,19)(H,20,21). The van der Waals surface area contributed by atoms with Gasteiger partial charge in [-0.15, -0.1) is 0 Å². The highest BCUT2D eigenvalue weighted by molar-refractivity contribution is 5.82. The molecule has 122 valence electrons. The topological polar surface area (TPSA) is 78.4 Å². The molecule has 0 spiro atoms. The molecule has 0 aromatic carbocycles. The normalized spacial score (nSPS) is 26.4. The van der Waals surface area contributed by atoms with E-state index in [-0.39, 0.29) is 18.5 Å². The second kappa shape index (κ2) is 7.78. The van der Waals surface area contributed by atoms with Gasteiger partial charge in [-0.3, -0.25) is 14.9 Å². The van der Waals surface area contributed by atoms with Crippen LogP contribution in [0.3, 0.4) is 0 Å². The number of hydrogen-bond donors (Lipinski definition) is 3. The summed E-state index contributed by atoms with van der Waals surface area (Å²) in [5, 5.41) is 15.3. The van der Waals surface area contributed by atoms with Gasteiger partial charge >= 0.3 is 5.97 Å². The van der Waals surface area contributed by atoms with Crippen molar-refractivity contribution in [2.75, 3.05) is 6.54 Å². The maximum absolute atomic E-state index is 12.1. The Hall–Kier alpha value is -1.10. The molecule has 1 fully saturated rings. The lowest BCUT2D eigenvalue weighted by Crippen LogP contribution is -2.55. The number of rotatable bonds is 7. The minimum absolute atomic E-state index is 0.0611. The van der Waals surface area contributed by atoms with Crippen LogP contribution in [0.5, 0.6) is 0 Å². The van der Waals surface area contributed by atoms with Gasteiger partial charge in [-0.25, -0.2) is 0 Å². The molecule has 0 radical (unpaired) electrons. The number of carbonyl (C=O) groups excluding carboxylic acids is 1. The number of amides is 1. The summed E-state index contributed by atoms with van der Waals surface area (Å²) in [4.78, 5) is 23.5. The molecule has 1 saturated carbocycles. The van der Waals surface area contributed by atoms with Gasteiger partial charge in [-0.05, 0) is 31.1 Å². The predicted molar refractivity (Wildman–Crippen MR) is 83.1 cm³/mol. The molecule has 1 aliphatic carbocycles. The molecule has 0 heterocycles. The zero-order valence-electron chi connectivity index (χ0n) is 13.7. The molecular formula is C16H30N2O3. The lowest BCUT2D eigenvalue weighted by Gasteiger charge is -2.35. The van der Waals surface area contributed by atoms with E-state index in [2.05, 4.69) is 24.5 Å². The van der Waals surface area contributed by atoms with E-state index in [1.807, 2.05) is 13.8 Å². The van der Waals surface area contributed by atoms with Gasteiger partial charge in [0.05, 0.1) is 6.54 Å². The van der Waals surface area contributed by atoms with Gasteiger partial charge in [0, 0.05) is 6.04 Å². The third-order valence-electron chi connectivity index (χ3n) is 5.26. The monoisotopic (exact) mass is 298 g/mol. The summed E-state index contributed by atoms with van der Waals surface area (Å²) < 4.78 is 0. The van der Waals surface area contributed by atoms with Gasteiger partial charge in [-0.1, -0.05) is 40.5 Å². The first-order valence-corrected chi connectivity index (χ1v) is 8.14. The quantitative estimate of drug-likeness (QED) is 0.673. The molecule has 3 atom stereocenters. The van der Waals surface area contributed by atoms with E-state index in [0.717, 1.165) is 12.8 Å². The minimum atomic E-state index is -0.997. The Morgan fingerprint density at radius 1 is 1.19 bits per heavy atom. The minimum Gasteiger partial charge on any atom is -0.480 e. The van der Waals surface area contributed by atoms with E-state index >= 15 is 0 Å². The van der Waals surface area contributed by atoms with Crippen molar-refractivity contribution in [1.82, 2.24) is 10.6 Å². The van der Waals surface area contributed by atoms with Crippen molar-refractivity contribution >= 4 is 11.9 Å². The Morgan fingerprint density at radius 2 is 1.81 bits per heavy atom. The van der Waals surface area contributed by atoms with Crippen LogP contribution in [-0.2, 0) is 9.59 Å². The number of carbonyl (C=O) groups is 2. The molecule has 5 nitrogen and oxygen atoms in total. The molecule has 0 aliphatic heterocycles. The largest absolute Gasteiger partial charge is 0.480 e. The van der Waals surface area contributed by atoms with Crippen LogP contribution in [0.4, 0.5) is 0 Å². The van der Waals surface area contributed by atoms with Gasteiger partial charge in [0.25, 0.3) is 0 Å². The summed E-state index contributed by atoms with van der Waals surface area (Å²) in [6.07, 6.45) is 4.31.